The Morgan fingerprint density at radius 2 is 2.00 bits per heavy atom. The van der Waals surface area contributed by atoms with Crippen molar-refractivity contribution in [1.29, 1.82) is 0 Å². The fourth-order valence-corrected chi connectivity index (χ4v) is 1.75. The Labute approximate surface area is 94.1 Å². The van der Waals surface area contributed by atoms with Crippen molar-refractivity contribution in [2.75, 3.05) is 13.2 Å². The molecule has 2 nitrogen and oxygen atoms in total. The summed E-state index contributed by atoms with van der Waals surface area (Å²) in [5.41, 5.74) is 1.79. The zero-order valence-electron chi connectivity index (χ0n) is 8.32. The molecule has 0 fully saturated rings. The van der Waals surface area contributed by atoms with Gasteiger partial charge in [-0.2, -0.15) is 0 Å². The first kappa shape index (κ1) is 10.7. The van der Waals surface area contributed by atoms with Crippen LogP contribution in [0, 0.1) is 0 Å². The number of halogens is 1. The average Bonchev–Trinajstić information content (AvgIpc) is 2.30. The van der Waals surface area contributed by atoms with Gasteiger partial charge in [0, 0.05) is 5.02 Å². The molecule has 15 heavy (non-hydrogen) atoms. The van der Waals surface area contributed by atoms with Crippen molar-refractivity contribution < 1.29 is 9.84 Å². The van der Waals surface area contributed by atoms with E-state index in [1.54, 1.807) is 12.1 Å². The van der Waals surface area contributed by atoms with Gasteiger partial charge in [-0.05, 0) is 29.7 Å². The molecule has 0 radical (unpaired) electrons. The van der Waals surface area contributed by atoms with Gasteiger partial charge in [-0.15, -0.1) is 0 Å². The van der Waals surface area contributed by atoms with E-state index in [1.165, 1.54) is 0 Å². The van der Waals surface area contributed by atoms with E-state index in [-0.39, 0.29) is 0 Å². The molecule has 0 saturated heterocycles. The molecule has 1 atom stereocenters. The van der Waals surface area contributed by atoms with E-state index in [2.05, 4.69) is 0 Å². The van der Waals surface area contributed by atoms with Gasteiger partial charge < -0.3 is 9.84 Å². The molecule has 1 aromatic carbocycles. The highest BCUT2D eigenvalue weighted by molar-refractivity contribution is 6.30. The van der Waals surface area contributed by atoms with Gasteiger partial charge in [-0.25, -0.2) is 0 Å². The number of aliphatic hydroxyl groups excluding tert-OH is 1. The van der Waals surface area contributed by atoms with Crippen molar-refractivity contribution >= 4 is 11.6 Å². The second-order valence-electron chi connectivity index (χ2n) is 3.57. The predicted molar refractivity (Wildman–Crippen MR) is 59.9 cm³/mol. The van der Waals surface area contributed by atoms with Crippen molar-refractivity contribution in [3.05, 3.63) is 46.5 Å². The molecular weight excluding hydrogens is 212 g/mol. The van der Waals surface area contributed by atoms with Crippen molar-refractivity contribution in [2.24, 2.45) is 0 Å². The molecule has 0 spiro atoms. The zero-order chi connectivity index (χ0) is 10.7. The van der Waals surface area contributed by atoms with Gasteiger partial charge in [-0.1, -0.05) is 29.8 Å². The normalized spacial score (nSPS) is 18.4. The SMILES string of the molecule is O[C@@H](C1=CCCOC1)c1ccc(Cl)cc1. The lowest BCUT2D eigenvalue weighted by Gasteiger charge is -2.19. The molecule has 0 aromatic heterocycles. The highest BCUT2D eigenvalue weighted by Crippen LogP contribution is 2.25. The highest BCUT2D eigenvalue weighted by atomic mass is 35.5. The van der Waals surface area contributed by atoms with Crippen LogP contribution in [0.3, 0.4) is 0 Å². The zero-order valence-corrected chi connectivity index (χ0v) is 9.07. The lowest BCUT2D eigenvalue weighted by atomic mass is 10.0. The summed E-state index contributed by atoms with van der Waals surface area (Å²) in [4.78, 5) is 0. The van der Waals surface area contributed by atoms with E-state index in [0.717, 1.165) is 24.2 Å². The monoisotopic (exact) mass is 224 g/mol. The number of benzene rings is 1. The van der Waals surface area contributed by atoms with Crippen LogP contribution in [-0.4, -0.2) is 18.3 Å². The van der Waals surface area contributed by atoms with Gasteiger partial charge in [-0.3, -0.25) is 0 Å². The Hall–Kier alpha value is -0.830. The summed E-state index contributed by atoms with van der Waals surface area (Å²) < 4.78 is 5.29. The fourth-order valence-electron chi connectivity index (χ4n) is 1.63. The maximum atomic E-state index is 10.0. The predicted octanol–water partition coefficient (Wildman–Crippen LogP) is 2.72. The Morgan fingerprint density at radius 3 is 2.60 bits per heavy atom. The molecule has 1 N–H and O–H groups in total. The standard InChI is InChI=1S/C12H13ClO2/c13-11-5-3-9(4-6-11)12(14)10-2-1-7-15-8-10/h2-6,12,14H,1,7-8H2/t12-/m1/s1. The molecule has 0 amide bonds. The van der Waals surface area contributed by atoms with Crippen LogP contribution in [-0.2, 0) is 4.74 Å². The number of ether oxygens (including phenoxy) is 1. The quantitative estimate of drug-likeness (QED) is 0.783. The maximum absolute atomic E-state index is 10.0. The number of hydrogen-bond donors (Lipinski definition) is 1. The number of rotatable bonds is 2. The minimum Gasteiger partial charge on any atom is -0.384 e. The van der Waals surface area contributed by atoms with Gasteiger partial charge in [0.05, 0.1) is 13.2 Å². The van der Waals surface area contributed by atoms with Crippen LogP contribution in [0.25, 0.3) is 0 Å². The Balaban J connectivity index is 2.16. The van der Waals surface area contributed by atoms with Gasteiger partial charge in [0.25, 0.3) is 0 Å². The Kier molecular flexibility index (Phi) is 3.41. The molecule has 0 saturated carbocycles. The average molecular weight is 225 g/mol. The van der Waals surface area contributed by atoms with E-state index in [9.17, 15) is 5.11 Å². The summed E-state index contributed by atoms with van der Waals surface area (Å²) in [6.45, 7) is 1.26. The first-order chi connectivity index (χ1) is 7.27. The maximum Gasteiger partial charge on any atom is 0.102 e. The first-order valence-corrected chi connectivity index (χ1v) is 5.35. The molecule has 1 aliphatic heterocycles. The van der Waals surface area contributed by atoms with E-state index in [1.807, 2.05) is 18.2 Å². The molecule has 2 rings (SSSR count). The molecule has 80 valence electrons. The van der Waals surface area contributed by atoms with Crippen molar-refractivity contribution in [1.82, 2.24) is 0 Å². The molecule has 0 bridgehead atoms. The molecule has 1 aromatic rings. The van der Waals surface area contributed by atoms with Crippen LogP contribution in [0.4, 0.5) is 0 Å². The molecule has 3 heteroatoms. The summed E-state index contributed by atoms with van der Waals surface area (Å²) in [5.74, 6) is 0. The van der Waals surface area contributed by atoms with Crippen molar-refractivity contribution in [2.45, 2.75) is 12.5 Å². The third kappa shape index (κ3) is 2.59. The van der Waals surface area contributed by atoms with E-state index in [0.29, 0.717) is 11.6 Å². The van der Waals surface area contributed by atoms with Crippen molar-refractivity contribution in [3.63, 3.8) is 0 Å². The van der Waals surface area contributed by atoms with Gasteiger partial charge in [0.1, 0.15) is 6.10 Å². The van der Waals surface area contributed by atoms with Crippen LogP contribution in [0.5, 0.6) is 0 Å². The second kappa shape index (κ2) is 4.79. The summed E-state index contributed by atoms with van der Waals surface area (Å²) in [5, 5.41) is 10.7. The second-order valence-corrected chi connectivity index (χ2v) is 4.01. The van der Waals surface area contributed by atoms with E-state index >= 15 is 0 Å². The third-order valence-electron chi connectivity index (χ3n) is 2.47. The number of aliphatic hydroxyl groups is 1. The van der Waals surface area contributed by atoms with Crippen LogP contribution in [0.2, 0.25) is 5.02 Å². The van der Waals surface area contributed by atoms with Crippen LogP contribution in [0.1, 0.15) is 18.1 Å². The van der Waals surface area contributed by atoms with E-state index in [4.69, 9.17) is 16.3 Å². The topological polar surface area (TPSA) is 29.5 Å². The Bertz CT molecular complexity index is 356. The molecule has 1 aliphatic rings. The minimum atomic E-state index is -0.567. The first-order valence-electron chi connectivity index (χ1n) is 4.97. The molecule has 1 heterocycles. The smallest absolute Gasteiger partial charge is 0.102 e. The van der Waals surface area contributed by atoms with Crippen LogP contribution < -0.4 is 0 Å². The number of hydrogen-bond acceptors (Lipinski definition) is 2. The third-order valence-corrected chi connectivity index (χ3v) is 2.73. The van der Waals surface area contributed by atoms with E-state index < -0.39 is 6.10 Å². The lowest BCUT2D eigenvalue weighted by molar-refractivity contribution is 0.117. The van der Waals surface area contributed by atoms with Crippen LogP contribution in [0.15, 0.2) is 35.9 Å². The Morgan fingerprint density at radius 1 is 1.27 bits per heavy atom. The van der Waals surface area contributed by atoms with Gasteiger partial charge >= 0.3 is 0 Å². The summed E-state index contributed by atoms with van der Waals surface area (Å²) >= 11 is 5.78. The molecule has 0 unspecified atom stereocenters. The lowest BCUT2D eigenvalue weighted by Crippen LogP contribution is -2.12. The van der Waals surface area contributed by atoms with Gasteiger partial charge in [0.2, 0.25) is 0 Å². The summed E-state index contributed by atoms with van der Waals surface area (Å²) in [6, 6.07) is 7.24. The molecular formula is C12H13ClO2. The molecule has 0 aliphatic carbocycles. The fraction of sp³-hybridized carbons (Fsp3) is 0.333. The summed E-state index contributed by atoms with van der Waals surface area (Å²) in [7, 11) is 0. The van der Waals surface area contributed by atoms with Crippen LogP contribution >= 0.6 is 11.6 Å². The summed E-state index contributed by atoms with van der Waals surface area (Å²) in [6.07, 6.45) is 2.35. The van der Waals surface area contributed by atoms with Gasteiger partial charge in [0.15, 0.2) is 0 Å². The largest absolute Gasteiger partial charge is 0.384 e. The highest BCUT2D eigenvalue weighted by Gasteiger charge is 2.15. The minimum absolute atomic E-state index is 0.518. The van der Waals surface area contributed by atoms with Crippen molar-refractivity contribution in [3.8, 4) is 0 Å².